The molecule has 2 fully saturated rings. The van der Waals surface area contributed by atoms with E-state index >= 15 is 0 Å². The number of aromatic nitrogens is 3. The summed E-state index contributed by atoms with van der Waals surface area (Å²) >= 11 is 0. The van der Waals surface area contributed by atoms with Crippen LogP contribution in [0.3, 0.4) is 0 Å². The predicted molar refractivity (Wildman–Crippen MR) is 170 cm³/mol. The van der Waals surface area contributed by atoms with Crippen molar-refractivity contribution in [2.45, 2.75) is 77.0 Å². The van der Waals surface area contributed by atoms with E-state index in [4.69, 9.17) is 9.72 Å². The van der Waals surface area contributed by atoms with Gasteiger partial charge in [-0.1, -0.05) is 6.07 Å². The van der Waals surface area contributed by atoms with Gasteiger partial charge >= 0.3 is 5.97 Å². The molecule has 2 aromatic heterocycles. The summed E-state index contributed by atoms with van der Waals surface area (Å²) < 4.78 is 33.2. The first-order valence-corrected chi connectivity index (χ1v) is 17.2. The molecule has 1 saturated heterocycles. The average molecular weight is 626 g/mol. The maximum Gasteiger partial charge on any atom is 0.306 e. The highest BCUT2D eigenvalue weighted by Gasteiger charge is 2.26. The molecular formula is C31H43N7O5S. The largest absolute Gasteiger partial charge is 0.460 e. The number of amides is 1. The summed E-state index contributed by atoms with van der Waals surface area (Å²) in [5.41, 5.74) is 1.57. The second-order valence-corrected chi connectivity index (χ2v) is 14.5. The molecule has 12 nitrogen and oxygen atoms in total. The summed E-state index contributed by atoms with van der Waals surface area (Å²) in [6.07, 6.45) is 8.41. The highest BCUT2D eigenvalue weighted by Crippen LogP contribution is 2.30. The van der Waals surface area contributed by atoms with Gasteiger partial charge in [-0.25, -0.2) is 18.1 Å². The summed E-state index contributed by atoms with van der Waals surface area (Å²) in [7, 11) is -3.21. The second kappa shape index (κ2) is 13.1. The first-order valence-electron chi connectivity index (χ1n) is 15.3. The Balaban J connectivity index is 1.20. The minimum Gasteiger partial charge on any atom is -0.460 e. The molecule has 5 rings (SSSR count). The fourth-order valence-electron chi connectivity index (χ4n) is 5.98. The summed E-state index contributed by atoms with van der Waals surface area (Å²) in [4.78, 5) is 38.2. The van der Waals surface area contributed by atoms with E-state index in [0.29, 0.717) is 32.1 Å². The maximum absolute atomic E-state index is 12.8. The Hall–Kier alpha value is -3.71. The quantitative estimate of drug-likeness (QED) is 0.342. The second-order valence-electron chi connectivity index (χ2n) is 12.7. The van der Waals surface area contributed by atoms with E-state index < -0.39 is 15.6 Å². The number of ether oxygens (including phenoxy) is 1. The van der Waals surface area contributed by atoms with Gasteiger partial charge in [0.2, 0.25) is 21.9 Å². The summed E-state index contributed by atoms with van der Waals surface area (Å²) in [5, 5.41) is 4.54. The summed E-state index contributed by atoms with van der Waals surface area (Å²) in [6.45, 7) is 8.05. The van der Waals surface area contributed by atoms with Crippen molar-refractivity contribution in [2.75, 3.05) is 42.7 Å². The normalized spacial score (nSPS) is 19.6. The third-order valence-electron chi connectivity index (χ3n) is 7.97. The zero-order chi connectivity index (χ0) is 31.5. The van der Waals surface area contributed by atoms with Crippen molar-refractivity contribution in [2.24, 2.45) is 0 Å². The van der Waals surface area contributed by atoms with E-state index in [1.807, 2.05) is 44.0 Å². The number of anilines is 2. The molecule has 0 atom stereocenters. The molecule has 1 saturated carbocycles. The number of carbonyl (C=O) groups is 2. The van der Waals surface area contributed by atoms with Gasteiger partial charge in [0.25, 0.3) is 0 Å². The number of benzene rings is 1. The molecule has 3 heterocycles. The molecule has 0 radical (unpaired) electrons. The number of hydrogen-bond acceptors (Lipinski definition) is 9. The molecule has 1 aliphatic carbocycles. The van der Waals surface area contributed by atoms with Crippen LogP contribution in [0.2, 0.25) is 0 Å². The topological polar surface area (TPSA) is 139 Å². The number of piperazine rings is 1. The van der Waals surface area contributed by atoms with Gasteiger partial charge in [-0.05, 0) is 70.7 Å². The average Bonchev–Trinajstić information content (AvgIpc) is 3.40. The van der Waals surface area contributed by atoms with Gasteiger partial charge in [-0.3, -0.25) is 9.59 Å². The molecule has 3 aromatic rings. The molecule has 1 aliphatic heterocycles. The number of carbonyl (C=O) groups excluding carboxylic acids is 2. The zero-order valence-electron chi connectivity index (χ0n) is 26.0. The number of hydrogen-bond donors (Lipinski definition) is 2. The minimum absolute atomic E-state index is 0.0216. The highest BCUT2D eigenvalue weighted by molar-refractivity contribution is 7.88. The van der Waals surface area contributed by atoms with Crippen molar-refractivity contribution in [3.05, 3.63) is 42.7 Å². The van der Waals surface area contributed by atoms with E-state index in [-0.39, 0.29) is 36.8 Å². The molecule has 1 aromatic carbocycles. The lowest BCUT2D eigenvalue weighted by molar-refractivity contribution is -0.156. The summed E-state index contributed by atoms with van der Waals surface area (Å²) in [5.74, 6) is 0.931. The van der Waals surface area contributed by atoms with Gasteiger partial charge in [0.05, 0.1) is 18.2 Å². The number of nitrogens with zero attached hydrogens (tertiary/aromatic N) is 5. The fraction of sp³-hybridized carbons (Fsp3) is 0.548. The lowest BCUT2D eigenvalue weighted by Crippen LogP contribution is -2.48. The van der Waals surface area contributed by atoms with Crippen LogP contribution in [0, 0.1) is 0 Å². The Morgan fingerprint density at radius 3 is 2.36 bits per heavy atom. The SMILES string of the molecule is CC(C)(C)OC(=O)CCC(=O)N1CCN(c2cccc3c2ccn3-c2ccnc(NC3CCC(NS(C)(=O)=O)CC3)n2)CC1. The number of fused-ring (bicyclic) bond motifs is 1. The van der Waals surface area contributed by atoms with Gasteiger partial charge in [0, 0.05) is 68.2 Å². The monoisotopic (exact) mass is 625 g/mol. The number of sulfonamides is 1. The molecule has 13 heteroatoms. The Bertz CT molecular complexity index is 1580. The number of esters is 1. The Kier molecular flexibility index (Phi) is 9.45. The smallest absolute Gasteiger partial charge is 0.306 e. The summed E-state index contributed by atoms with van der Waals surface area (Å²) in [6, 6.07) is 10.3. The van der Waals surface area contributed by atoms with Crippen molar-refractivity contribution < 1.29 is 22.7 Å². The van der Waals surface area contributed by atoms with Gasteiger partial charge in [0.1, 0.15) is 11.4 Å². The van der Waals surface area contributed by atoms with Gasteiger partial charge in [0.15, 0.2) is 0 Å². The molecule has 2 aliphatic rings. The third kappa shape index (κ3) is 8.26. The molecule has 2 N–H and O–H groups in total. The van der Waals surface area contributed by atoms with Gasteiger partial charge in [-0.15, -0.1) is 0 Å². The first-order chi connectivity index (χ1) is 20.8. The Morgan fingerprint density at radius 1 is 0.977 bits per heavy atom. The van der Waals surface area contributed by atoms with Crippen LogP contribution in [0.15, 0.2) is 42.7 Å². The molecule has 0 bridgehead atoms. The lowest BCUT2D eigenvalue weighted by Gasteiger charge is -2.36. The van der Waals surface area contributed by atoms with E-state index in [1.165, 1.54) is 6.26 Å². The van der Waals surface area contributed by atoms with Gasteiger partial charge < -0.3 is 24.4 Å². The van der Waals surface area contributed by atoms with Crippen LogP contribution >= 0.6 is 0 Å². The van der Waals surface area contributed by atoms with Crippen LogP contribution in [0.4, 0.5) is 11.6 Å². The molecule has 238 valence electrons. The van der Waals surface area contributed by atoms with E-state index in [9.17, 15) is 18.0 Å². The highest BCUT2D eigenvalue weighted by atomic mass is 32.2. The molecule has 44 heavy (non-hydrogen) atoms. The first kappa shape index (κ1) is 31.7. The van der Waals surface area contributed by atoms with Gasteiger partial charge in [-0.2, -0.15) is 4.98 Å². The fourth-order valence-corrected chi connectivity index (χ4v) is 6.82. The van der Waals surface area contributed by atoms with Crippen molar-refractivity contribution >= 4 is 44.4 Å². The van der Waals surface area contributed by atoms with Crippen LogP contribution in [-0.4, -0.2) is 89.8 Å². The van der Waals surface area contributed by atoms with Crippen LogP contribution in [0.5, 0.6) is 0 Å². The third-order valence-corrected chi connectivity index (χ3v) is 8.74. The minimum atomic E-state index is -3.21. The lowest BCUT2D eigenvalue weighted by atomic mass is 9.92. The Morgan fingerprint density at radius 2 is 1.68 bits per heavy atom. The number of nitrogens with one attached hydrogen (secondary N) is 2. The van der Waals surface area contributed by atoms with Crippen molar-refractivity contribution in [3.8, 4) is 5.82 Å². The predicted octanol–water partition coefficient (Wildman–Crippen LogP) is 3.46. The van der Waals surface area contributed by atoms with Crippen molar-refractivity contribution in [1.29, 1.82) is 0 Å². The molecule has 0 unspecified atom stereocenters. The van der Waals surface area contributed by atoms with Crippen LogP contribution in [0.25, 0.3) is 16.7 Å². The van der Waals surface area contributed by atoms with Crippen LogP contribution in [-0.2, 0) is 24.3 Å². The van der Waals surface area contributed by atoms with E-state index in [2.05, 4.69) is 42.7 Å². The van der Waals surface area contributed by atoms with Crippen molar-refractivity contribution in [3.63, 3.8) is 0 Å². The molecule has 1 amide bonds. The molecular weight excluding hydrogens is 582 g/mol. The number of rotatable bonds is 9. The van der Waals surface area contributed by atoms with E-state index in [1.54, 1.807) is 6.20 Å². The standard InChI is InChI=1S/C31H43N7O5S/c1-31(2,3)43-29(40)13-12-28(39)37-20-18-36(19-21-37)25-6-5-7-26-24(25)15-17-38(26)27-14-16-32-30(34-27)33-22-8-10-23(11-9-22)35-44(4,41)42/h5-7,14-17,22-23,35H,8-13,18-21H2,1-4H3,(H,32,33,34). The van der Waals surface area contributed by atoms with Crippen LogP contribution < -0.4 is 14.9 Å². The van der Waals surface area contributed by atoms with Crippen molar-refractivity contribution in [1.82, 2.24) is 24.2 Å². The zero-order valence-corrected chi connectivity index (χ0v) is 26.8. The molecule has 0 spiro atoms. The Labute approximate surface area is 259 Å². The maximum atomic E-state index is 12.8. The van der Waals surface area contributed by atoms with E-state index in [0.717, 1.165) is 48.1 Å². The van der Waals surface area contributed by atoms with Crippen LogP contribution in [0.1, 0.15) is 59.3 Å².